The van der Waals surface area contributed by atoms with E-state index in [2.05, 4.69) is 60.2 Å². The molecule has 1 heterocycles. The van der Waals surface area contributed by atoms with Crippen LogP contribution in [0.5, 0.6) is 0 Å². The first-order valence-corrected chi connectivity index (χ1v) is 8.76. The lowest BCUT2D eigenvalue weighted by Crippen LogP contribution is -2.28. The van der Waals surface area contributed by atoms with E-state index in [0.717, 1.165) is 37.0 Å². The van der Waals surface area contributed by atoms with Crippen LogP contribution in [0.2, 0.25) is 0 Å². The number of anilines is 1. The smallest absolute Gasteiger partial charge is 0.230 e. The number of unbranched alkanes of at least 4 members (excludes halogenated alkanes) is 2. The largest absolute Gasteiger partial charge is 0.341 e. The molecule has 0 aromatic carbocycles. The molecule has 4 nitrogen and oxygen atoms in total. The van der Waals surface area contributed by atoms with E-state index < -0.39 is 0 Å². The summed E-state index contributed by atoms with van der Waals surface area (Å²) in [6.07, 6.45) is 4.66. The lowest BCUT2D eigenvalue weighted by atomic mass is 10.3. The van der Waals surface area contributed by atoms with Crippen LogP contribution in [0.25, 0.3) is 0 Å². The van der Waals surface area contributed by atoms with Gasteiger partial charge in [0.1, 0.15) is 0 Å². The Labute approximate surface area is 132 Å². The number of nitrogens with zero attached hydrogens (tertiary/aromatic N) is 4. The number of rotatable bonds is 9. The number of aromatic nitrogens is 3. The summed E-state index contributed by atoms with van der Waals surface area (Å²) in [6, 6.07) is 0. The van der Waals surface area contributed by atoms with E-state index in [1.807, 2.05) is 0 Å². The molecule has 0 atom stereocenters. The first-order valence-electron chi connectivity index (χ1n) is 7.43. The Balaban J connectivity index is 2.89. The van der Waals surface area contributed by atoms with Gasteiger partial charge in [0.25, 0.3) is 0 Å². The van der Waals surface area contributed by atoms with E-state index >= 15 is 0 Å². The van der Waals surface area contributed by atoms with Crippen LogP contribution in [0.3, 0.4) is 0 Å². The van der Waals surface area contributed by atoms with Crippen molar-refractivity contribution >= 4 is 30.3 Å². The highest BCUT2D eigenvalue weighted by atomic mass is 32.2. The second kappa shape index (κ2) is 9.45. The van der Waals surface area contributed by atoms with Crippen molar-refractivity contribution in [2.45, 2.75) is 68.9 Å². The minimum absolute atomic E-state index is 0.456. The predicted octanol–water partition coefficient (Wildman–Crippen LogP) is 4.07. The number of thiol groups is 1. The molecule has 0 spiro atoms. The quantitative estimate of drug-likeness (QED) is 0.550. The van der Waals surface area contributed by atoms with Crippen LogP contribution < -0.4 is 4.90 Å². The topological polar surface area (TPSA) is 41.9 Å². The Morgan fingerprint density at radius 1 is 1.05 bits per heavy atom. The molecular weight excluding hydrogens is 288 g/mol. The summed E-state index contributed by atoms with van der Waals surface area (Å²) in [7, 11) is 0. The van der Waals surface area contributed by atoms with Crippen molar-refractivity contribution in [3.05, 3.63) is 0 Å². The molecule has 1 aromatic rings. The first kappa shape index (κ1) is 17.6. The van der Waals surface area contributed by atoms with E-state index in [4.69, 9.17) is 0 Å². The second-order valence-electron chi connectivity index (χ2n) is 5.08. The maximum Gasteiger partial charge on any atom is 0.230 e. The van der Waals surface area contributed by atoms with Crippen molar-refractivity contribution in [1.29, 1.82) is 0 Å². The molecule has 0 aliphatic carbocycles. The Morgan fingerprint density at radius 3 is 2.15 bits per heavy atom. The van der Waals surface area contributed by atoms with Gasteiger partial charge < -0.3 is 4.90 Å². The van der Waals surface area contributed by atoms with E-state index in [9.17, 15) is 0 Å². The van der Waals surface area contributed by atoms with Crippen LogP contribution in [0, 0.1) is 0 Å². The molecule has 0 aliphatic heterocycles. The molecule has 1 rings (SSSR count). The number of thioether (sulfide) groups is 1. The molecule has 0 bridgehead atoms. The number of hydrogen-bond acceptors (Lipinski definition) is 6. The molecular formula is C14H26N4S2. The normalized spacial score (nSPS) is 11.1. The van der Waals surface area contributed by atoms with Gasteiger partial charge in [0, 0.05) is 18.3 Å². The molecule has 0 N–H and O–H groups in total. The summed E-state index contributed by atoms with van der Waals surface area (Å²) >= 11 is 5.97. The minimum atomic E-state index is 0.456. The van der Waals surface area contributed by atoms with E-state index in [0.29, 0.717) is 10.4 Å². The highest BCUT2D eigenvalue weighted by Crippen LogP contribution is 2.22. The highest BCUT2D eigenvalue weighted by Gasteiger charge is 2.13. The van der Waals surface area contributed by atoms with Gasteiger partial charge in [0.2, 0.25) is 5.95 Å². The Kier molecular flexibility index (Phi) is 8.30. The van der Waals surface area contributed by atoms with Crippen molar-refractivity contribution < 1.29 is 0 Å². The van der Waals surface area contributed by atoms with Gasteiger partial charge in [0.05, 0.1) is 0 Å². The summed E-state index contributed by atoms with van der Waals surface area (Å²) in [6.45, 7) is 10.7. The summed E-state index contributed by atoms with van der Waals surface area (Å²) in [5.74, 6) is 0.773. The van der Waals surface area contributed by atoms with Gasteiger partial charge in [-0.05, 0) is 12.8 Å². The van der Waals surface area contributed by atoms with Crippen molar-refractivity contribution in [3.63, 3.8) is 0 Å². The van der Waals surface area contributed by atoms with Gasteiger partial charge in [-0.1, -0.05) is 52.3 Å². The van der Waals surface area contributed by atoms with Crippen LogP contribution in [0.4, 0.5) is 5.95 Å². The van der Waals surface area contributed by atoms with Gasteiger partial charge in [0.15, 0.2) is 10.3 Å². The molecule has 20 heavy (non-hydrogen) atoms. The molecule has 0 unspecified atom stereocenters. The van der Waals surface area contributed by atoms with Gasteiger partial charge in [-0.2, -0.15) is 15.0 Å². The Bertz CT molecular complexity index is 391. The fourth-order valence-electron chi connectivity index (χ4n) is 1.75. The third-order valence-electron chi connectivity index (χ3n) is 2.78. The zero-order valence-electron chi connectivity index (χ0n) is 13.0. The second-order valence-corrected chi connectivity index (χ2v) is 7.02. The van der Waals surface area contributed by atoms with Crippen molar-refractivity contribution in [1.82, 2.24) is 15.0 Å². The molecule has 0 aliphatic rings. The molecule has 0 amide bonds. The maximum absolute atomic E-state index is 4.60. The van der Waals surface area contributed by atoms with Gasteiger partial charge in [-0.3, -0.25) is 0 Å². The highest BCUT2D eigenvalue weighted by molar-refractivity contribution is 7.99. The molecule has 0 saturated carbocycles. The summed E-state index contributed by atoms with van der Waals surface area (Å²) < 4.78 is 0. The van der Waals surface area contributed by atoms with E-state index in [1.54, 1.807) is 11.8 Å². The fraction of sp³-hybridized carbons (Fsp3) is 0.786. The SMILES string of the molecule is CCCCN(CCCC)c1nc(S)nc(SC(C)C)n1. The molecule has 114 valence electrons. The zero-order valence-corrected chi connectivity index (χ0v) is 14.7. The molecule has 6 heteroatoms. The average Bonchev–Trinajstić information content (AvgIpc) is 2.37. The van der Waals surface area contributed by atoms with Gasteiger partial charge >= 0.3 is 0 Å². The molecule has 0 radical (unpaired) electrons. The van der Waals surface area contributed by atoms with E-state index in [1.165, 1.54) is 12.8 Å². The fourth-order valence-corrected chi connectivity index (χ4v) is 2.70. The van der Waals surface area contributed by atoms with Crippen molar-refractivity contribution in [2.24, 2.45) is 0 Å². The Morgan fingerprint density at radius 2 is 1.65 bits per heavy atom. The summed E-state index contributed by atoms with van der Waals surface area (Å²) in [5, 5.41) is 1.74. The lowest BCUT2D eigenvalue weighted by molar-refractivity contribution is 0.645. The van der Waals surface area contributed by atoms with Crippen LogP contribution in [-0.2, 0) is 0 Å². The molecule has 0 saturated heterocycles. The monoisotopic (exact) mass is 314 g/mol. The van der Waals surface area contributed by atoms with Crippen LogP contribution in [0.1, 0.15) is 53.4 Å². The molecule has 1 aromatic heterocycles. The molecule has 0 fully saturated rings. The summed E-state index contributed by atoms with van der Waals surface area (Å²) in [4.78, 5) is 15.6. The predicted molar refractivity (Wildman–Crippen MR) is 90.1 cm³/mol. The standard InChI is InChI=1S/C14H26N4S2/c1-5-7-9-18(10-8-6-2)12-15-13(19)17-14(16-12)20-11(3)4/h11H,5-10H2,1-4H3,(H,15,16,17,19). The van der Waals surface area contributed by atoms with Crippen molar-refractivity contribution in [3.8, 4) is 0 Å². The third-order valence-corrected chi connectivity index (χ3v) is 3.84. The van der Waals surface area contributed by atoms with E-state index in [-0.39, 0.29) is 0 Å². The average molecular weight is 315 g/mol. The zero-order chi connectivity index (χ0) is 15.0. The summed E-state index contributed by atoms with van der Waals surface area (Å²) in [5.41, 5.74) is 0. The minimum Gasteiger partial charge on any atom is -0.341 e. The van der Waals surface area contributed by atoms with Gasteiger partial charge in [-0.25, -0.2) is 0 Å². The number of hydrogen-bond donors (Lipinski definition) is 1. The maximum atomic E-state index is 4.60. The van der Waals surface area contributed by atoms with Crippen molar-refractivity contribution in [2.75, 3.05) is 18.0 Å². The van der Waals surface area contributed by atoms with Crippen LogP contribution in [-0.4, -0.2) is 33.3 Å². The third kappa shape index (κ3) is 6.31. The Hall–Kier alpha value is -0.490. The van der Waals surface area contributed by atoms with Crippen LogP contribution >= 0.6 is 24.4 Å². The lowest BCUT2D eigenvalue weighted by Gasteiger charge is -2.22. The first-order chi connectivity index (χ1) is 9.56. The van der Waals surface area contributed by atoms with Crippen LogP contribution in [0.15, 0.2) is 10.3 Å². The van der Waals surface area contributed by atoms with Gasteiger partial charge in [-0.15, -0.1) is 12.6 Å².